The van der Waals surface area contributed by atoms with Gasteiger partial charge in [0.15, 0.2) is 0 Å². The Morgan fingerprint density at radius 3 is 2.64 bits per heavy atom. The average Bonchev–Trinajstić information content (AvgIpc) is 2.15. The van der Waals surface area contributed by atoms with Crippen molar-refractivity contribution in [2.45, 2.75) is 6.92 Å². The van der Waals surface area contributed by atoms with Crippen LogP contribution in [-0.4, -0.2) is 4.98 Å². The first kappa shape index (κ1) is 10.2. The van der Waals surface area contributed by atoms with E-state index in [4.69, 9.17) is 23.2 Å². The first-order valence-electron chi connectivity index (χ1n) is 3.99. The van der Waals surface area contributed by atoms with Gasteiger partial charge in [0, 0.05) is 21.1 Å². The Kier molecular flexibility index (Phi) is 2.69. The minimum Gasteiger partial charge on any atom is -0.255 e. The van der Waals surface area contributed by atoms with Crippen LogP contribution in [-0.2, 0) is 0 Å². The van der Waals surface area contributed by atoms with Gasteiger partial charge in [0.2, 0.25) is 0 Å². The normalized spacial score (nSPS) is 10.9. The van der Waals surface area contributed by atoms with E-state index in [1.807, 2.05) is 19.1 Å². The molecule has 0 saturated carbocycles. The largest absolute Gasteiger partial charge is 0.255 e. The summed E-state index contributed by atoms with van der Waals surface area (Å²) in [6, 6.07) is 3.81. The highest BCUT2D eigenvalue weighted by molar-refractivity contribution is 9.10. The second-order valence-electron chi connectivity index (χ2n) is 3.04. The number of fused-ring (bicyclic) bond motifs is 1. The third kappa shape index (κ3) is 1.62. The molecular formula is C10H6BrCl2N. The van der Waals surface area contributed by atoms with Crippen molar-refractivity contribution >= 4 is 50.0 Å². The minimum atomic E-state index is 0.610. The van der Waals surface area contributed by atoms with Crippen LogP contribution >= 0.6 is 39.1 Å². The number of halogens is 3. The number of pyridine rings is 1. The molecular weight excluding hydrogens is 285 g/mol. The van der Waals surface area contributed by atoms with Crippen LogP contribution in [0, 0.1) is 6.92 Å². The molecule has 0 saturated heterocycles. The summed E-state index contributed by atoms with van der Waals surface area (Å²) in [7, 11) is 0. The highest BCUT2D eigenvalue weighted by Gasteiger charge is 2.06. The first-order chi connectivity index (χ1) is 6.59. The smallest absolute Gasteiger partial charge is 0.0737 e. The summed E-state index contributed by atoms with van der Waals surface area (Å²) in [4.78, 5) is 4.20. The predicted octanol–water partition coefficient (Wildman–Crippen LogP) is 4.61. The van der Waals surface area contributed by atoms with Crippen LogP contribution < -0.4 is 0 Å². The number of benzene rings is 1. The number of hydrogen-bond donors (Lipinski definition) is 0. The summed E-state index contributed by atoms with van der Waals surface area (Å²) in [5.41, 5.74) is 1.86. The lowest BCUT2D eigenvalue weighted by Crippen LogP contribution is -1.84. The van der Waals surface area contributed by atoms with Crippen LogP contribution in [0.5, 0.6) is 0 Å². The Bertz CT molecular complexity index is 511. The molecule has 2 aromatic rings. The Balaban J connectivity index is 2.89. The Hall–Kier alpha value is -0.310. The fourth-order valence-electron chi connectivity index (χ4n) is 1.27. The zero-order valence-corrected chi connectivity index (χ0v) is 10.4. The standard InChI is InChI=1S/C10H6BrCl2N/c1-5-2-6-9(3-7(5)12)14-4-8(13)10(6)11/h2-4H,1H3. The molecule has 2 rings (SSSR count). The minimum absolute atomic E-state index is 0.610. The highest BCUT2D eigenvalue weighted by Crippen LogP contribution is 2.32. The number of rotatable bonds is 0. The maximum atomic E-state index is 5.99. The monoisotopic (exact) mass is 289 g/mol. The second-order valence-corrected chi connectivity index (χ2v) is 4.65. The molecule has 0 unspecified atom stereocenters. The molecule has 0 N–H and O–H groups in total. The summed E-state index contributed by atoms with van der Waals surface area (Å²) in [6.07, 6.45) is 1.61. The average molecular weight is 291 g/mol. The van der Waals surface area contributed by atoms with Crippen molar-refractivity contribution < 1.29 is 0 Å². The van der Waals surface area contributed by atoms with Gasteiger partial charge in [-0.2, -0.15) is 0 Å². The highest BCUT2D eigenvalue weighted by atomic mass is 79.9. The van der Waals surface area contributed by atoms with Gasteiger partial charge in [-0.15, -0.1) is 0 Å². The van der Waals surface area contributed by atoms with E-state index in [2.05, 4.69) is 20.9 Å². The van der Waals surface area contributed by atoms with E-state index >= 15 is 0 Å². The van der Waals surface area contributed by atoms with Gasteiger partial charge in [-0.25, -0.2) is 0 Å². The molecule has 1 aromatic heterocycles. The predicted molar refractivity (Wildman–Crippen MR) is 64.2 cm³/mol. The Labute approximate surface area is 100 Å². The lowest BCUT2D eigenvalue weighted by molar-refractivity contribution is 1.38. The Morgan fingerprint density at radius 1 is 1.21 bits per heavy atom. The zero-order chi connectivity index (χ0) is 10.3. The molecule has 0 amide bonds. The quantitative estimate of drug-likeness (QED) is 0.690. The van der Waals surface area contributed by atoms with Gasteiger partial charge in [-0.3, -0.25) is 4.98 Å². The van der Waals surface area contributed by atoms with Crippen LogP contribution in [0.3, 0.4) is 0 Å². The van der Waals surface area contributed by atoms with Crippen molar-refractivity contribution in [1.29, 1.82) is 0 Å². The lowest BCUT2D eigenvalue weighted by Gasteiger charge is -2.04. The van der Waals surface area contributed by atoms with Gasteiger partial charge in [0.25, 0.3) is 0 Å². The van der Waals surface area contributed by atoms with Gasteiger partial charge in [-0.05, 0) is 40.5 Å². The summed E-state index contributed by atoms with van der Waals surface area (Å²) < 4.78 is 0.865. The van der Waals surface area contributed by atoms with E-state index in [1.165, 1.54) is 0 Å². The van der Waals surface area contributed by atoms with E-state index < -0.39 is 0 Å². The van der Waals surface area contributed by atoms with Crippen molar-refractivity contribution in [2.75, 3.05) is 0 Å². The van der Waals surface area contributed by atoms with Gasteiger partial charge in [-0.1, -0.05) is 23.2 Å². The fourth-order valence-corrected chi connectivity index (χ4v) is 1.99. The lowest BCUT2D eigenvalue weighted by atomic mass is 10.1. The van der Waals surface area contributed by atoms with Gasteiger partial charge >= 0.3 is 0 Å². The van der Waals surface area contributed by atoms with E-state index in [-0.39, 0.29) is 0 Å². The summed E-state index contributed by atoms with van der Waals surface area (Å²) >= 11 is 15.4. The SMILES string of the molecule is Cc1cc2c(Br)c(Cl)cnc2cc1Cl. The molecule has 0 atom stereocenters. The molecule has 0 aliphatic carbocycles. The van der Waals surface area contributed by atoms with Gasteiger partial charge in [0.05, 0.1) is 10.5 Å². The third-order valence-electron chi connectivity index (χ3n) is 2.04. The number of nitrogens with zero attached hydrogens (tertiary/aromatic N) is 1. The number of aryl methyl sites for hydroxylation is 1. The molecule has 0 fully saturated rings. The van der Waals surface area contributed by atoms with E-state index in [1.54, 1.807) is 6.20 Å². The van der Waals surface area contributed by atoms with Gasteiger partial charge < -0.3 is 0 Å². The van der Waals surface area contributed by atoms with Gasteiger partial charge in [0.1, 0.15) is 0 Å². The number of hydrogen-bond acceptors (Lipinski definition) is 1. The van der Waals surface area contributed by atoms with E-state index in [0.717, 1.165) is 26.0 Å². The van der Waals surface area contributed by atoms with Crippen LogP contribution in [0.1, 0.15) is 5.56 Å². The van der Waals surface area contributed by atoms with Crippen LogP contribution in [0.25, 0.3) is 10.9 Å². The van der Waals surface area contributed by atoms with Crippen molar-refractivity contribution in [3.63, 3.8) is 0 Å². The van der Waals surface area contributed by atoms with E-state index in [9.17, 15) is 0 Å². The molecule has 0 spiro atoms. The number of aromatic nitrogens is 1. The zero-order valence-electron chi connectivity index (χ0n) is 7.31. The molecule has 0 aliphatic rings. The van der Waals surface area contributed by atoms with Crippen molar-refractivity contribution in [2.24, 2.45) is 0 Å². The van der Waals surface area contributed by atoms with E-state index in [0.29, 0.717) is 5.02 Å². The molecule has 72 valence electrons. The molecule has 0 aliphatic heterocycles. The molecule has 1 nitrogen and oxygen atoms in total. The molecule has 1 heterocycles. The summed E-state index contributed by atoms with van der Waals surface area (Å²) in [5, 5.41) is 2.32. The molecule has 4 heteroatoms. The van der Waals surface area contributed by atoms with Crippen molar-refractivity contribution in [1.82, 2.24) is 4.98 Å². The molecule has 0 radical (unpaired) electrons. The Morgan fingerprint density at radius 2 is 1.93 bits per heavy atom. The first-order valence-corrected chi connectivity index (χ1v) is 5.54. The molecule has 14 heavy (non-hydrogen) atoms. The molecule has 0 bridgehead atoms. The fraction of sp³-hybridized carbons (Fsp3) is 0.100. The van der Waals surface area contributed by atoms with Crippen molar-refractivity contribution in [3.05, 3.63) is 38.4 Å². The second kappa shape index (κ2) is 3.69. The maximum absolute atomic E-state index is 5.99. The topological polar surface area (TPSA) is 12.9 Å². The third-order valence-corrected chi connectivity index (χ3v) is 3.82. The van der Waals surface area contributed by atoms with Crippen molar-refractivity contribution in [3.8, 4) is 0 Å². The van der Waals surface area contributed by atoms with Crippen LogP contribution in [0.4, 0.5) is 0 Å². The molecule has 1 aromatic carbocycles. The maximum Gasteiger partial charge on any atom is 0.0737 e. The van der Waals surface area contributed by atoms with Crippen LogP contribution in [0.15, 0.2) is 22.8 Å². The summed E-state index contributed by atoms with van der Waals surface area (Å²) in [5.74, 6) is 0. The summed E-state index contributed by atoms with van der Waals surface area (Å²) in [6.45, 7) is 1.95. The van der Waals surface area contributed by atoms with Crippen LogP contribution in [0.2, 0.25) is 10.0 Å².